The molecule has 1 N–H and O–H groups in total. The molecule has 3 nitrogen and oxygen atoms in total. The van der Waals surface area contributed by atoms with Gasteiger partial charge in [-0.2, -0.15) is 0 Å². The zero-order valence-corrected chi connectivity index (χ0v) is 12.8. The van der Waals surface area contributed by atoms with Gasteiger partial charge in [-0.05, 0) is 37.1 Å². The number of nitrogens with zero attached hydrogens (tertiary/aromatic N) is 1. The van der Waals surface area contributed by atoms with Crippen molar-refractivity contribution in [1.82, 2.24) is 4.98 Å². The fourth-order valence-electron chi connectivity index (χ4n) is 2.83. The summed E-state index contributed by atoms with van der Waals surface area (Å²) in [6.07, 6.45) is 3.29. The van der Waals surface area contributed by atoms with Crippen LogP contribution in [0.5, 0.6) is 0 Å². The molecule has 1 heterocycles. The number of aromatic amines is 1. The molecule has 0 bridgehead atoms. The topological polar surface area (TPSA) is 36.1 Å². The lowest BCUT2D eigenvalue weighted by Gasteiger charge is -2.21. The van der Waals surface area contributed by atoms with E-state index in [9.17, 15) is 4.79 Å². The molecule has 0 fully saturated rings. The van der Waals surface area contributed by atoms with Crippen molar-refractivity contribution < 1.29 is 4.79 Å². The van der Waals surface area contributed by atoms with E-state index in [2.05, 4.69) is 17.1 Å². The summed E-state index contributed by atoms with van der Waals surface area (Å²) in [4.78, 5) is 17.6. The average molecular weight is 292 g/mol. The predicted octanol–water partition coefficient (Wildman–Crippen LogP) is 4.15. The average Bonchev–Trinajstić information content (AvgIpc) is 2.98. The Bertz CT molecular complexity index is 761. The van der Waals surface area contributed by atoms with Crippen molar-refractivity contribution in [2.45, 2.75) is 19.8 Å². The Morgan fingerprint density at radius 3 is 2.55 bits per heavy atom. The molecule has 0 unspecified atom stereocenters. The van der Waals surface area contributed by atoms with Gasteiger partial charge < -0.3 is 9.88 Å². The van der Waals surface area contributed by atoms with Crippen molar-refractivity contribution in [3.63, 3.8) is 0 Å². The highest BCUT2D eigenvalue weighted by Crippen LogP contribution is 2.20. The molecule has 3 heteroatoms. The summed E-state index contributed by atoms with van der Waals surface area (Å²) < 4.78 is 0. The molecule has 1 amide bonds. The Balaban J connectivity index is 1.71. The van der Waals surface area contributed by atoms with Gasteiger partial charge in [-0.25, -0.2) is 0 Å². The number of rotatable bonds is 5. The van der Waals surface area contributed by atoms with Crippen molar-refractivity contribution in [3.05, 3.63) is 66.4 Å². The van der Waals surface area contributed by atoms with Crippen LogP contribution in [0.1, 0.15) is 18.9 Å². The SMILES string of the molecule is CCN(C(=O)CCc1c[nH]c2ccccc12)c1ccccc1. The number of fused-ring (bicyclic) bond motifs is 1. The number of aromatic nitrogens is 1. The van der Waals surface area contributed by atoms with Crippen LogP contribution in [0.4, 0.5) is 5.69 Å². The van der Waals surface area contributed by atoms with Crippen molar-refractivity contribution >= 4 is 22.5 Å². The molecule has 0 aliphatic rings. The number of nitrogens with one attached hydrogen (secondary N) is 1. The molecule has 0 radical (unpaired) electrons. The molecule has 22 heavy (non-hydrogen) atoms. The van der Waals surface area contributed by atoms with E-state index in [0.717, 1.165) is 17.6 Å². The van der Waals surface area contributed by atoms with Gasteiger partial charge in [0, 0.05) is 35.8 Å². The van der Waals surface area contributed by atoms with E-state index in [1.165, 1.54) is 10.9 Å². The van der Waals surface area contributed by atoms with Gasteiger partial charge >= 0.3 is 0 Å². The van der Waals surface area contributed by atoms with E-state index in [1.807, 2.05) is 60.5 Å². The summed E-state index contributed by atoms with van der Waals surface area (Å²) in [5.74, 6) is 0.166. The molecule has 3 rings (SSSR count). The quantitative estimate of drug-likeness (QED) is 0.753. The summed E-state index contributed by atoms with van der Waals surface area (Å²) in [5, 5.41) is 1.21. The minimum Gasteiger partial charge on any atom is -0.361 e. The first-order valence-corrected chi connectivity index (χ1v) is 7.70. The van der Waals surface area contributed by atoms with Crippen LogP contribution in [0.2, 0.25) is 0 Å². The summed E-state index contributed by atoms with van der Waals surface area (Å²) in [5.41, 5.74) is 3.29. The lowest BCUT2D eigenvalue weighted by molar-refractivity contribution is -0.118. The Hall–Kier alpha value is -2.55. The summed E-state index contributed by atoms with van der Waals surface area (Å²) in [7, 11) is 0. The first kappa shape index (κ1) is 14.4. The molecule has 0 atom stereocenters. The smallest absolute Gasteiger partial charge is 0.227 e. The van der Waals surface area contributed by atoms with Crippen molar-refractivity contribution in [1.29, 1.82) is 0 Å². The van der Waals surface area contributed by atoms with Crippen LogP contribution in [0.25, 0.3) is 10.9 Å². The molecule has 0 aliphatic heterocycles. The monoisotopic (exact) mass is 292 g/mol. The molecule has 0 saturated carbocycles. The zero-order chi connectivity index (χ0) is 15.4. The number of H-pyrrole nitrogens is 1. The fraction of sp³-hybridized carbons (Fsp3) is 0.211. The van der Waals surface area contributed by atoms with Crippen molar-refractivity contribution in [3.8, 4) is 0 Å². The van der Waals surface area contributed by atoms with Gasteiger partial charge in [0.2, 0.25) is 5.91 Å². The Morgan fingerprint density at radius 1 is 1.05 bits per heavy atom. The first-order valence-electron chi connectivity index (χ1n) is 7.70. The predicted molar refractivity (Wildman–Crippen MR) is 91.1 cm³/mol. The van der Waals surface area contributed by atoms with Gasteiger partial charge in [-0.15, -0.1) is 0 Å². The van der Waals surface area contributed by atoms with E-state index >= 15 is 0 Å². The van der Waals surface area contributed by atoms with Gasteiger partial charge in [0.25, 0.3) is 0 Å². The van der Waals surface area contributed by atoms with Crippen LogP contribution in [0, 0.1) is 0 Å². The van der Waals surface area contributed by atoms with E-state index in [4.69, 9.17) is 0 Å². The third-order valence-electron chi connectivity index (χ3n) is 3.97. The molecule has 1 aromatic heterocycles. The second kappa shape index (κ2) is 6.48. The molecule has 3 aromatic rings. The molecule has 0 spiro atoms. The number of benzene rings is 2. The maximum absolute atomic E-state index is 12.5. The number of amides is 1. The molecule has 2 aromatic carbocycles. The summed E-state index contributed by atoms with van der Waals surface area (Å²) in [6, 6.07) is 18.1. The third kappa shape index (κ3) is 2.89. The van der Waals surface area contributed by atoms with E-state index < -0.39 is 0 Å². The number of carbonyl (C=O) groups is 1. The summed E-state index contributed by atoms with van der Waals surface area (Å²) in [6.45, 7) is 2.70. The van der Waals surface area contributed by atoms with Crippen LogP contribution in [0.3, 0.4) is 0 Å². The van der Waals surface area contributed by atoms with Crippen LogP contribution in [0.15, 0.2) is 60.8 Å². The Labute approximate surface area is 130 Å². The van der Waals surface area contributed by atoms with Gasteiger partial charge in [0.1, 0.15) is 0 Å². The second-order valence-corrected chi connectivity index (χ2v) is 5.33. The van der Waals surface area contributed by atoms with Gasteiger partial charge in [-0.1, -0.05) is 36.4 Å². The van der Waals surface area contributed by atoms with Crippen LogP contribution < -0.4 is 4.90 Å². The zero-order valence-electron chi connectivity index (χ0n) is 12.8. The fourth-order valence-corrected chi connectivity index (χ4v) is 2.83. The van der Waals surface area contributed by atoms with Crippen LogP contribution in [-0.4, -0.2) is 17.4 Å². The Morgan fingerprint density at radius 2 is 1.77 bits per heavy atom. The van der Waals surface area contributed by atoms with E-state index in [1.54, 1.807) is 0 Å². The van der Waals surface area contributed by atoms with Gasteiger partial charge in [0.15, 0.2) is 0 Å². The second-order valence-electron chi connectivity index (χ2n) is 5.33. The number of hydrogen-bond acceptors (Lipinski definition) is 1. The van der Waals surface area contributed by atoms with E-state index in [0.29, 0.717) is 13.0 Å². The summed E-state index contributed by atoms with van der Waals surface area (Å²) >= 11 is 0. The molecule has 0 saturated heterocycles. The largest absolute Gasteiger partial charge is 0.361 e. The highest BCUT2D eigenvalue weighted by molar-refractivity contribution is 5.93. The third-order valence-corrected chi connectivity index (χ3v) is 3.97. The number of anilines is 1. The molecule has 112 valence electrons. The molecule has 0 aliphatic carbocycles. The van der Waals surface area contributed by atoms with Crippen molar-refractivity contribution in [2.75, 3.05) is 11.4 Å². The van der Waals surface area contributed by atoms with Crippen LogP contribution >= 0.6 is 0 Å². The minimum atomic E-state index is 0.166. The first-order chi connectivity index (χ1) is 10.8. The number of hydrogen-bond donors (Lipinski definition) is 1. The number of para-hydroxylation sites is 2. The normalized spacial score (nSPS) is 10.8. The standard InChI is InChI=1S/C19H20N2O/c1-2-21(16-8-4-3-5-9-16)19(22)13-12-15-14-20-18-11-7-6-10-17(15)18/h3-11,14,20H,2,12-13H2,1H3. The maximum atomic E-state index is 12.5. The highest BCUT2D eigenvalue weighted by Gasteiger charge is 2.14. The maximum Gasteiger partial charge on any atom is 0.227 e. The van der Waals surface area contributed by atoms with E-state index in [-0.39, 0.29) is 5.91 Å². The van der Waals surface area contributed by atoms with Crippen molar-refractivity contribution in [2.24, 2.45) is 0 Å². The molecular formula is C19H20N2O. The minimum absolute atomic E-state index is 0.166. The Kier molecular flexibility index (Phi) is 4.24. The molecular weight excluding hydrogens is 272 g/mol. The lowest BCUT2D eigenvalue weighted by atomic mass is 10.1. The van der Waals surface area contributed by atoms with Crippen LogP contribution in [-0.2, 0) is 11.2 Å². The van der Waals surface area contributed by atoms with Gasteiger partial charge in [0.05, 0.1) is 0 Å². The number of carbonyl (C=O) groups excluding carboxylic acids is 1. The lowest BCUT2D eigenvalue weighted by Crippen LogP contribution is -2.30. The van der Waals surface area contributed by atoms with Gasteiger partial charge in [-0.3, -0.25) is 4.79 Å². The highest BCUT2D eigenvalue weighted by atomic mass is 16.2. The number of aryl methyl sites for hydroxylation is 1.